The number of carbonyl (C=O) groups is 2. The highest BCUT2D eigenvalue weighted by atomic mass is 32.1. The number of benzene rings is 1. The SMILES string of the molecule is CNC(=O)c1ccc(C[NH+](C)CC(=O)NCCc2cccs2)cc1. The lowest BCUT2D eigenvalue weighted by Crippen LogP contribution is -3.08. The molecule has 2 rings (SSSR count). The highest BCUT2D eigenvalue weighted by molar-refractivity contribution is 7.09. The van der Waals surface area contributed by atoms with Crippen molar-refractivity contribution in [3.05, 3.63) is 57.8 Å². The molecule has 0 aliphatic carbocycles. The Morgan fingerprint density at radius 1 is 1.17 bits per heavy atom. The zero-order chi connectivity index (χ0) is 17.4. The molecule has 0 saturated heterocycles. The molecule has 2 aromatic rings. The number of thiophene rings is 1. The van der Waals surface area contributed by atoms with E-state index in [-0.39, 0.29) is 11.8 Å². The lowest BCUT2D eigenvalue weighted by Gasteiger charge is -2.14. The van der Waals surface area contributed by atoms with Crippen LogP contribution in [-0.4, -0.2) is 39.0 Å². The van der Waals surface area contributed by atoms with Crippen molar-refractivity contribution in [3.63, 3.8) is 0 Å². The molecular formula is C18H24N3O2S+. The second-order valence-electron chi connectivity index (χ2n) is 5.77. The molecule has 0 bridgehead atoms. The summed E-state index contributed by atoms with van der Waals surface area (Å²) >= 11 is 1.71. The zero-order valence-corrected chi connectivity index (χ0v) is 14.9. The molecule has 3 N–H and O–H groups in total. The smallest absolute Gasteiger partial charge is 0.275 e. The average Bonchev–Trinajstić information content (AvgIpc) is 3.08. The number of likely N-dealkylation sites (N-methyl/N-ethyl adjacent to an activating group) is 1. The molecule has 1 atom stereocenters. The van der Waals surface area contributed by atoms with Gasteiger partial charge in [0.15, 0.2) is 6.54 Å². The largest absolute Gasteiger partial charge is 0.355 e. The first-order chi connectivity index (χ1) is 11.6. The minimum atomic E-state index is -0.0904. The fraction of sp³-hybridized carbons (Fsp3) is 0.333. The number of hydrogen-bond acceptors (Lipinski definition) is 3. The molecule has 1 heterocycles. The molecule has 1 aromatic carbocycles. The Morgan fingerprint density at radius 2 is 1.92 bits per heavy atom. The van der Waals surface area contributed by atoms with Crippen LogP contribution in [0.1, 0.15) is 20.8 Å². The Hall–Kier alpha value is -2.18. The summed E-state index contributed by atoms with van der Waals surface area (Å²) < 4.78 is 0. The number of amides is 2. The second kappa shape index (κ2) is 9.20. The van der Waals surface area contributed by atoms with E-state index >= 15 is 0 Å². The van der Waals surface area contributed by atoms with Crippen molar-refractivity contribution >= 4 is 23.2 Å². The molecule has 0 aliphatic rings. The van der Waals surface area contributed by atoms with E-state index in [1.807, 2.05) is 42.8 Å². The molecule has 6 heteroatoms. The molecule has 0 radical (unpaired) electrons. The first-order valence-corrected chi connectivity index (χ1v) is 8.88. The van der Waals surface area contributed by atoms with Crippen LogP contribution < -0.4 is 15.5 Å². The normalized spacial score (nSPS) is 11.8. The van der Waals surface area contributed by atoms with Crippen molar-refractivity contribution in [2.24, 2.45) is 0 Å². The van der Waals surface area contributed by atoms with E-state index in [0.29, 0.717) is 18.7 Å². The van der Waals surface area contributed by atoms with Crippen LogP contribution in [-0.2, 0) is 17.8 Å². The molecule has 0 saturated carbocycles. The summed E-state index contributed by atoms with van der Waals surface area (Å²) in [6.45, 7) is 1.85. The molecule has 1 unspecified atom stereocenters. The Kier molecular flexibility index (Phi) is 6.96. The summed E-state index contributed by atoms with van der Waals surface area (Å²) in [5.74, 6) is -0.0293. The third kappa shape index (κ3) is 5.79. The molecule has 0 spiro atoms. The van der Waals surface area contributed by atoms with Gasteiger partial charge in [0.2, 0.25) is 0 Å². The minimum absolute atomic E-state index is 0.0611. The Balaban J connectivity index is 1.72. The van der Waals surface area contributed by atoms with Gasteiger partial charge in [0.1, 0.15) is 6.54 Å². The average molecular weight is 346 g/mol. The summed E-state index contributed by atoms with van der Waals surface area (Å²) in [7, 11) is 3.61. The molecule has 24 heavy (non-hydrogen) atoms. The standard InChI is InChI=1S/C18H23N3O2S/c1-19-18(23)15-7-5-14(6-8-15)12-21(2)13-17(22)20-10-9-16-4-3-11-24-16/h3-8,11H,9-10,12-13H2,1-2H3,(H,19,23)(H,20,22)/p+1. The van der Waals surface area contributed by atoms with Crippen molar-refractivity contribution < 1.29 is 14.5 Å². The van der Waals surface area contributed by atoms with Crippen molar-refractivity contribution in [1.82, 2.24) is 10.6 Å². The third-order valence-electron chi connectivity index (χ3n) is 3.69. The summed E-state index contributed by atoms with van der Waals surface area (Å²) in [6, 6.07) is 11.6. The Morgan fingerprint density at radius 3 is 2.54 bits per heavy atom. The van der Waals surface area contributed by atoms with Gasteiger partial charge in [0.05, 0.1) is 7.05 Å². The van der Waals surface area contributed by atoms with Gasteiger partial charge in [-0.3, -0.25) is 9.59 Å². The second-order valence-corrected chi connectivity index (χ2v) is 6.80. The van der Waals surface area contributed by atoms with Gasteiger partial charge in [-0.05, 0) is 30.0 Å². The van der Waals surface area contributed by atoms with Crippen LogP contribution in [0.2, 0.25) is 0 Å². The lowest BCUT2D eigenvalue weighted by atomic mass is 10.1. The van der Waals surface area contributed by atoms with Gasteiger partial charge in [0.25, 0.3) is 11.8 Å². The molecule has 1 aromatic heterocycles. The van der Waals surface area contributed by atoms with Crippen LogP contribution in [0.3, 0.4) is 0 Å². The zero-order valence-electron chi connectivity index (χ0n) is 14.1. The van der Waals surface area contributed by atoms with Gasteiger partial charge in [-0.15, -0.1) is 11.3 Å². The van der Waals surface area contributed by atoms with Crippen molar-refractivity contribution in [3.8, 4) is 0 Å². The lowest BCUT2D eigenvalue weighted by molar-refractivity contribution is -0.885. The maximum Gasteiger partial charge on any atom is 0.275 e. The van der Waals surface area contributed by atoms with E-state index in [1.54, 1.807) is 18.4 Å². The molecule has 2 amide bonds. The number of nitrogens with one attached hydrogen (secondary N) is 3. The molecule has 5 nitrogen and oxygen atoms in total. The van der Waals surface area contributed by atoms with Gasteiger partial charge in [-0.1, -0.05) is 18.2 Å². The molecule has 0 aliphatic heterocycles. The fourth-order valence-corrected chi connectivity index (χ4v) is 3.15. The maximum absolute atomic E-state index is 12.0. The molecular weight excluding hydrogens is 322 g/mol. The van der Waals surface area contributed by atoms with Crippen molar-refractivity contribution in [1.29, 1.82) is 0 Å². The fourth-order valence-electron chi connectivity index (χ4n) is 2.45. The molecule has 128 valence electrons. The summed E-state index contributed by atoms with van der Waals surface area (Å²) in [6.07, 6.45) is 0.878. The van der Waals surface area contributed by atoms with E-state index in [0.717, 1.165) is 23.4 Å². The predicted octanol–water partition coefficient (Wildman–Crippen LogP) is 0.481. The van der Waals surface area contributed by atoms with Crippen LogP contribution in [0.5, 0.6) is 0 Å². The monoisotopic (exact) mass is 346 g/mol. The number of quaternary nitrogens is 1. The van der Waals surface area contributed by atoms with E-state index in [9.17, 15) is 9.59 Å². The van der Waals surface area contributed by atoms with E-state index in [2.05, 4.69) is 16.7 Å². The van der Waals surface area contributed by atoms with Crippen molar-refractivity contribution in [2.75, 3.05) is 27.2 Å². The van der Waals surface area contributed by atoms with Crippen LogP contribution >= 0.6 is 11.3 Å². The van der Waals surface area contributed by atoms with Gasteiger partial charge in [-0.25, -0.2) is 0 Å². The van der Waals surface area contributed by atoms with Crippen LogP contribution in [0, 0.1) is 0 Å². The first kappa shape index (κ1) is 18.2. The number of carbonyl (C=O) groups excluding carboxylic acids is 2. The van der Waals surface area contributed by atoms with Crippen LogP contribution in [0.25, 0.3) is 0 Å². The maximum atomic E-state index is 12.0. The highest BCUT2D eigenvalue weighted by Gasteiger charge is 2.11. The van der Waals surface area contributed by atoms with Gasteiger partial charge in [-0.2, -0.15) is 0 Å². The minimum Gasteiger partial charge on any atom is -0.355 e. The topological polar surface area (TPSA) is 62.6 Å². The highest BCUT2D eigenvalue weighted by Crippen LogP contribution is 2.07. The van der Waals surface area contributed by atoms with Gasteiger partial charge < -0.3 is 15.5 Å². The van der Waals surface area contributed by atoms with E-state index < -0.39 is 0 Å². The predicted molar refractivity (Wildman–Crippen MR) is 96.3 cm³/mol. The van der Waals surface area contributed by atoms with Crippen LogP contribution in [0.15, 0.2) is 41.8 Å². The number of rotatable bonds is 8. The summed E-state index contributed by atoms with van der Waals surface area (Å²) in [5.41, 5.74) is 1.75. The summed E-state index contributed by atoms with van der Waals surface area (Å²) in [5, 5.41) is 7.61. The third-order valence-corrected chi connectivity index (χ3v) is 4.62. The Bertz CT molecular complexity index is 653. The van der Waals surface area contributed by atoms with Gasteiger partial charge in [0, 0.05) is 29.6 Å². The van der Waals surface area contributed by atoms with Crippen molar-refractivity contribution in [2.45, 2.75) is 13.0 Å². The first-order valence-electron chi connectivity index (χ1n) is 8.00. The Labute approximate surface area is 146 Å². The quantitative estimate of drug-likeness (QED) is 0.651. The van der Waals surface area contributed by atoms with Gasteiger partial charge >= 0.3 is 0 Å². The van der Waals surface area contributed by atoms with E-state index in [4.69, 9.17) is 0 Å². The van der Waals surface area contributed by atoms with Crippen LogP contribution in [0.4, 0.5) is 0 Å². The van der Waals surface area contributed by atoms with E-state index in [1.165, 1.54) is 4.88 Å². The molecule has 0 fully saturated rings. The number of hydrogen-bond donors (Lipinski definition) is 3. The summed E-state index contributed by atoms with van der Waals surface area (Å²) in [4.78, 5) is 25.9.